The number of amides is 3. The Kier molecular flexibility index (Phi) is 8.42. The number of aryl methyl sites for hydroxylation is 1. The lowest BCUT2D eigenvalue weighted by molar-refractivity contribution is -0.118. The maximum absolute atomic E-state index is 14.0. The lowest BCUT2D eigenvalue weighted by atomic mass is 9.99. The molecule has 0 saturated carbocycles. The quantitative estimate of drug-likeness (QED) is 0.650. The zero-order chi connectivity index (χ0) is 26.1. The molecule has 2 N–H and O–H groups in total. The summed E-state index contributed by atoms with van der Waals surface area (Å²) in [4.78, 5) is 45.8. The van der Waals surface area contributed by atoms with Gasteiger partial charge in [0.05, 0.1) is 17.0 Å². The minimum atomic E-state index is -0.569. The number of benzene rings is 1. The van der Waals surface area contributed by atoms with Crippen LogP contribution in [0.2, 0.25) is 0 Å². The van der Waals surface area contributed by atoms with E-state index in [-0.39, 0.29) is 35.2 Å². The number of nitrogens with two attached hydrogens (primary N) is 1. The van der Waals surface area contributed by atoms with Gasteiger partial charge in [0.15, 0.2) is 0 Å². The number of hydrogen-bond donors (Lipinski definition) is 1. The number of fused-ring (bicyclic) bond motifs is 1. The lowest BCUT2D eigenvalue weighted by Crippen LogP contribution is -2.54. The van der Waals surface area contributed by atoms with Crippen LogP contribution in [0.25, 0.3) is 0 Å². The Balaban J connectivity index is 1.91. The summed E-state index contributed by atoms with van der Waals surface area (Å²) in [6, 6.07) is 3.68. The van der Waals surface area contributed by atoms with E-state index in [1.54, 1.807) is 9.80 Å². The fourth-order valence-electron chi connectivity index (χ4n) is 4.78. The van der Waals surface area contributed by atoms with Gasteiger partial charge in [-0.3, -0.25) is 9.59 Å². The fourth-order valence-corrected chi connectivity index (χ4v) is 5.92. The SMILES string of the molecule is Cc1cc2c(cc1C(=O)N(C(C)C)[C@@H]1CCCN(C(=O)OC(C)(C)C)C1)N(CCN)C(=O)C(C)S2. The first kappa shape index (κ1) is 27.3. The number of ether oxygens (including phenoxy) is 1. The normalized spacial score (nSPS) is 20.7. The Bertz CT molecular complexity index is 975. The molecule has 2 aliphatic rings. The monoisotopic (exact) mass is 504 g/mol. The van der Waals surface area contributed by atoms with E-state index in [9.17, 15) is 14.4 Å². The Morgan fingerprint density at radius 2 is 1.97 bits per heavy atom. The summed E-state index contributed by atoms with van der Waals surface area (Å²) in [6.07, 6.45) is 1.28. The van der Waals surface area contributed by atoms with Crippen molar-refractivity contribution >= 4 is 35.4 Å². The minimum Gasteiger partial charge on any atom is -0.444 e. The highest BCUT2D eigenvalue weighted by Crippen LogP contribution is 2.41. The molecule has 0 aromatic heterocycles. The fraction of sp³-hybridized carbons (Fsp3) is 0.654. The van der Waals surface area contributed by atoms with E-state index in [0.717, 1.165) is 29.0 Å². The molecule has 2 aliphatic heterocycles. The third-order valence-electron chi connectivity index (χ3n) is 6.33. The minimum absolute atomic E-state index is 0.0104. The van der Waals surface area contributed by atoms with Gasteiger partial charge < -0.3 is 25.2 Å². The highest BCUT2D eigenvalue weighted by atomic mass is 32.2. The Hall–Kier alpha value is -2.26. The number of carbonyl (C=O) groups is 3. The van der Waals surface area contributed by atoms with E-state index in [1.807, 2.05) is 65.5 Å². The number of thioether (sulfide) groups is 1. The summed E-state index contributed by atoms with van der Waals surface area (Å²) in [5.74, 6) is -0.0729. The van der Waals surface area contributed by atoms with E-state index >= 15 is 0 Å². The van der Waals surface area contributed by atoms with Crippen LogP contribution in [0.4, 0.5) is 10.5 Å². The van der Waals surface area contributed by atoms with Gasteiger partial charge in [0.25, 0.3) is 5.91 Å². The Morgan fingerprint density at radius 3 is 2.57 bits per heavy atom. The van der Waals surface area contributed by atoms with Gasteiger partial charge in [-0.25, -0.2) is 4.79 Å². The van der Waals surface area contributed by atoms with Crippen LogP contribution < -0.4 is 10.6 Å². The van der Waals surface area contributed by atoms with Crippen LogP contribution in [0.5, 0.6) is 0 Å². The average molecular weight is 505 g/mol. The van der Waals surface area contributed by atoms with Gasteiger partial charge in [-0.1, -0.05) is 0 Å². The molecule has 0 radical (unpaired) electrons. The summed E-state index contributed by atoms with van der Waals surface area (Å²) in [5, 5.41) is -0.191. The van der Waals surface area contributed by atoms with Crippen LogP contribution in [0.3, 0.4) is 0 Å². The number of likely N-dealkylation sites (tertiary alicyclic amines) is 1. The van der Waals surface area contributed by atoms with Crippen LogP contribution in [-0.2, 0) is 9.53 Å². The maximum atomic E-state index is 14.0. The Morgan fingerprint density at radius 1 is 1.29 bits per heavy atom. The molecule has 35 heavy (non-hydrogen) atoms. The molecule has 0 spiro atoms. The highest BCUT2D eigenvalue weighted by Gasteiger charge is 2.36. The van der Waals surface area contributed by atoms with Crippen molar-refractivity contribution in [3.63, 3.8) is 0 Å². The number of nitrogens with zero attached hydrogens (tertiary/aromatic N) is 3. The first-order chi connectivity index (χ1) is 16.3. The summed E-state index contributed by atoms with van der Waals surface area (Å²) in [7, 11) is 0. The standard InChI is InChI=1S/C26H40N4O4S/c1-16(2)30(19-9-8-11-28(15-19)25(33)34-26(5,6)7)24(32)20-14-21-22(13-17(20)3)35-18(4)23(31)29(21)12-10-27/h13-14,16,18-19H,8-12,15,27H2,1-7H3/t18?,19-/m1/s1. The third kappa shape index (κ3) is 6.12. The summed E-state index contributed by atoms with van der Waals surface area (Å²) in [5.41, 5.74) is 7.43. The molecule has 1 aromatic carbocycles. The predicted octanol–water partition coefficient (Wildman–Crippen LogP) is 4.03. The molecule has 3 amide bonds. The zero-order valence-electron chi connectivity index (χ0n) is 22.1. The number of piperidine rings is 1. The lowest BCUT2D eigenvalue weighted by Gasteiger charge is -2.42. The molecule has 3 rings (SSSR count). The first-order valence-electron chi connectivity index (χ1n) is 12.5. The molecule has 2 atom stereocenters. The smallest absolute Gasteiger partial charge is 0.410 e. The second-order valence-electron chi connectivity index (χ2n) is 10.7. The Labute approximate surface area is 213 Å². The van der Waals surface area contributed by atoms with Gasteiger partial charge in [0.2, 0.25) is 5.91 Å². The molecule has 8 nitrogen and oxygen atoms in total. The van der Waals surface area contributed by atoms with Crippen molar-refractivity contribution in [3.8, 4) is 0 Å². The summed E-state index contributed by atoms with van der Waals surface area (Å²) in [6.45, 7) is 15.2. The van der Waals surface area contributed by atoms with Crippen molar-refractivity contribution in [2.75, 3.05) is 31.1 Å². The van der Waals surface area contributed by atoms with Crippen LogP contribution in [0.1, 0.15) is 70.3 Å². The number of hydrogen-bond acceptors (Lipinski definition) is 6. The number of rotatable bonds is 5. The zero-order valence-corrected chi connectivity index (χ0v) is 22.9. The molecule has 1 aromatic rings. The van der Waals surface area contributed by atoms with Crippen molar-refractivity contribution in [1.82, 2.24) is 9.80 Å². The van der Waals surface area contributed by atoms with Crippen molar-refractivity contribution in [2.45, 2.75) is 89.1 Å². The molecule has 1 fully saturated rings. The molecule has 1 saturated heterocycles. The predicted molar refractivity (Wildman–Crippen MR) is 140 cm³/mol. The van der Waals surface area contributed by atoms with Crippen molar-refractivity contribution in [3.05, 3.63) is 23.3 Å². The topological polar surface area (TPSA) is 96.2 Å². The highest BCUT2D eigenvalue weighted by molar-refractivity contribution is 8.01. The molecule has 0 aliphatic carbocycles. The largest absolute Gasteiger partial charge is 0.444 e. The molecular weight excluding hydrogens is 464 g/mol. The third-order valence-corrected chi connectivity index (χ3v) is 7.47. The van der Waals surface area contributed by atoms with Gasteiger partial charge >= 0.3 is 6.09 Å². The molecule has 0 bridgehead atoms. The molecule has 1 unspecified atom stereocenters. The van der Waals surface area contributed by atoms with Gasteiger partial charge in [-0.15, -0.1) is 11.8 Å². The molecule has 2 heterocycles. The van der Waals surface area contributed by atoms with E-state index in [1.165, 1.54) is 11.8 Å². The van der Waals surface area contributed by atoms with Crippen LogP contribution in [-0.4, -0.2) is 76.8 Å². The second kappa shape index (κ2) is 10.8. The molecule has 194 valence electrons. The van der Waals surface area contributed by atoms with Gasteiger partial charge in [-0.05, 0) is 79.0 Å². The van der Waals surface area contributed by atoms with E-state index < -0.39 is 5.60 Å². The van der Waals surface area contributed by atoms with E-state index in [4.69, 9.17) is 10.5 Å². The number of anilines is 1. The molecule has 9 heteroatoms. The van der Waals surface area contributed by atoms with Crippen molar-refractivity contribution in [1.29, 1.82) is 0 Å². The van der Waals surface area contributed by atoms with Crippen LogP contribution in [0.15, 0.2) is 17.0 Å². The van der Waals surface area contributed by atoms with Gasteiger partial charge in [0.1, 0.15) is 5.60 Å². The van der Waals surface area contributed by atoms with Gasteiger partial charge in [0, 0.05) is 42.7 Å². The van der Waals surface area contributed by atoms with Crippen molar-refractivity contribution in [2.24, 2.45) is 5.73 Å². The van der Waals surface area contributed by atoms with E-state index in [0.29, 0.717) is 31.7 Å². The van der Waals surface area contributed by atoms with Gasteiger partial charge in [-0.2, -0.15) is 0 Å². The van der Waals surface area contributed by atoms with Crippen LogP contribution >= 0.6 is 11.8 Å². The second-order valence-corrected chi connectivity index (χ2v) is 12.1. The number of carbonyl (C=O) groups excluding carboxylic acids is 3. The van der Waals surface area contributed by atoms with E-state index in [2.05, 4.69) is 0 Å². The van der Waals surface area contributed by atoms with Crippen LogP contribution in [0, 0.1) is 6.92 Å². The maximum Gasteiger partial charge on any atom is 0.410 e. The summed E-state index contributed by atoms with van der Waals surface area (Å²) < 4.78 is 5.58. The van der Waals surface area contributed by atoms with Crippen molar-refractivity contribution < 1.29 is 19.1 Å². The summed E-state index contributed by atoms with van der Waals surface area (Å²) >= 11 is 1.52. The first-order valence-corrected chi connectivity index (χ1v) is 13.3. The molecular formula is C26H40N4O4S. The average Bonchev–Trinajstić information content (AvgIpc) is 2.75.